The van der Waals surface area contributed by atoms with E-state index in [2.05, 4.69) is 17.4 Å². The molecule has 1 amide bonds. The van der Waals surface area contributed by atoms with Crippen molar-refractivity contribution in [1.29, 1.82) is 0 Å². The molecule has 4 rings (SSSR count). The third-order valence-corrected chi connectivity index (χ3v) is 8.03. The number of nitrogens with one attached hydrogen (secondary N) is 1. The molecule has 0 aromatic heterocycles. The van der Waals surface area contributed by atoms with Gasteiger partial charge in [-0.15, -0.1) is 0 Å². The first-order valence-electron chi connectivity index (χ1n) is 9.69. The number of carbonyl (C=O) groups is 1. The largest absolute Gasteiger partial charge is 0.349 e. The van der Waals surface area contributed by atoms with E-state index in [4.69, 9.17) is 0 Å². The number of nitrogens with zero attached hydrogens (tertiary/aromatic N) is 2. The summed E-state index contributed by atoms with van der Waals surface area (Å²) in [5.74, 6) is -0.0160. The number of hydrogen-bond donors (Lipinski definition) is 1. The van der Waals surface area contributed by atoms with Crippen molar-refractivity contribution < 1.29 is 13.2 Å². The minimum absolute atomic E-state index is 0.0740. The second-order valence-corrected chi connectivity index (χ2v) is 9.51. The summed E-state index contributed by atoms with van der Waals surface area (Å²) in [6, 6.07) is 8.39. The van der Waals surface area contributed by atoms with E-state index in [-0.39, 0.29) is 17.9 Å². The molecule has 7 heteroatoms. The molecule has 6 nitrogen and oxygen atoms in total. The summed E-state index contributed by atoms with van der Waals surface area (Å²) in [5.41, 5.74) is 2.55. The average Bonchev–Trinajstić information content (AvgIpc) is 3.33. The fourth-order valence-corrected chi connectivity index (χ4v) is 6.15. The van der Waals surface area contributed by atoms with Gasteiger partial charge in [-0.1, -0.05) is 24.3 Å². The molecule has 0 unspecified atom stereocenters. The summed E-state index contributed by atoms with van der Waals surface area (Å²) in [5, 5.41) is 3.20. The number of amides is 1. The first-order valence-corrected chi connectivity index (χ1v) is 11.1. The number of aryl methyl sites for hydroxylation is 1. The molecule has 1 atom stereocenters. The third kappa shape index (κ3) is 3.40. The minimum atomic E-state index is -3.34. The van der Waals surface area contributed by atoms with E-state index in [1.807, 2.05) is 12.1 Å². The van der Waals surface area contributed by atoms with Crippen molar-refractivity contribution in [3.63, 3.8) is 0 Å². The number of rotatable bonds is 4. The van der Waals surface area contributed by atoms with Gasteiger partial charge in [0, 0.05) is 32.1 Å². The van der Waals surface area contributed by atoms with Crippen LogP contribution >= 0.6 is 0 Å². The summed E-state index contributed by atoms with van der Waals surface area (Å²) < 4.78 is 28.4. The number of carbonyl (C=O) groups excluding carboxylic acids is 1. The predicted octanol–water partition coefficient (Wildman–Crippen LogP) is 1.84. The molecule has 0 radical (unpaired) electrons. The van der Waals surface area contributed by atoms with Crippen molar-refractivity contribution in [2.75, 3.05) is 26.2 Å². The first kappa shape index (κ1) is 17.9. The molecule has 0 bridgehead atoms. The van der Waals surface area contributed by atoms with E-state index in [0.717, 1.165) is 25.7 Å². The van der Waals surface area contributed by atoms with Gasteiger partial charge >= 0.3 is 0 Å². The smallest absolute Gasteiger partial charge is 0.281 e. The van der Waals surface area contributed by atoms with Crippen LogP contribution in [0.4, 0.5) is 0 Å². The highest BCUT2D eigenvalue weighted by Crippen LogP contribution is 2.32. The minimum Gasteiger partial charge on any atom is -0.349 e. The van der Waals surface area contributed by atoms with E-state index in [0.29, 0.717) is 39.0 Å². The molecule has 1 aliphatic carbocycles. The zero-order chi connectivity index (χ0) is 18.1. The molecular weight excluding hydrogens is 350 g/mol. The Balaban J connectivity index is 1.33. The summed E-state index contributed by atoms with van der Waals surface area (Å²) in [4.78, 5) is 12.7. The molecule has 0 saturated carbocycles. The molecule has 2 fully saturated rings. The van der Waals surface area contributed by atoms with Gasteiger partial charge in [-0.2, -0.15) is 17.0 Å². The summed E-state index contributed by atoms with van der Waals surface area (Å²) in [6.07, 6.45) is 5.06. The van der Waals surface area contributed by atoms with Gasteiger partial charge < -0.3 is 5.32 Å². The van der Waals surface area contributed by atoms with Gasteiger partial charge in [-0.3, -0.25) is 4.79 Å². The average molecular weight is 378 g/mol. The first-order chi connectivity index (χ1) is 12.6. The molecule has 142 valence electrons. The standard InChI is InChI=1S/C19H27N3O3S/c23-19(20-18-8-7-15-5-1-2-6-17(15)18)16-9-13-22(14-10-16)26(24,25)21-11-3-4-12-21/h1-2,5-6,16,18H,3-4,7-14H2,(H,20,23)/t18-/m0/s1. The van der Waals surface area contributed by atoms with Crippen molar-refractivity contribution in [3.05, 3.63) is 35.4 Å². The van der Waals surface area contributed by atoms with Crippen molar-refractivity contribution >= 4 is 16.1 Å². The second-order valence-electron chi connectivity index (χ2n) is 7.59. The lowest BCUT2D eigenvalue weighted by Crippen LogP contribution is -2.48. The van der Waals surface area contributed by atoms with Gasteiger partial charge in [0.05, 0.1) is 6.04 Å². The van der Waals surface area contributed by atoms with E-state index < -0.39 is 10.2 Å². The van der Waals surface area contributed by atoms with Crippen molar-refractivity contribution in [2.45, 2.75) is 44.6 Å². The highest BCUT2D eigenvalue weighted by atomic mass is 32.2. The van der Waals surface area contributed by atoms with Crippen LogP contribution in [0.3, 0.4) is 0 Å². The lowest BCUT2D eigenvalue weighted by molar-refractivity contribution is -0.126. The Kier molecular flexibility index (Phi) is 5.03. The normalized spacial score (nSPS) is 25.3. The molecule has 2 heterocycles. The summed E-state index contributed by atoms with van der Waals surface area (Å²) >= 11 is 0. The van der Waals surface area contributed by atoms with Crippen LogP contribution in [0, 0.1) is 5.92 Å². The fourth-order valence-electron chi connectivity index (χ4n) is 4.43. The van der Waals surface area contributed by atoms with Crippen LogP contribution in [0.2, 0.25) is 0 Å². The Morgan fingerprint density at radius 1 is 0.962 bits per heavy atom. The Morgan fingerprint density at radius 2 is 1.62 bits per heavy atom. The molecule has 26 heavy (non-hydrogen) atoms. The van der Waals surface area contributed by atoms with Crippen LogP contribution in [0.25, 0.3) is 0 Å². The maximum absolute atomic E-state index is 12.7. The highest BCUT2D eigenvalue weighted by Gasteiger charge is 2.36. The molecule has 1 aromatic carbocycles. The van der Waals surface area contributed by atoms with Gasteiger partial charge in [0.1, 0.15) is 0 Å². The van der Waals surface area contributed by atoms with Gasteiger partial charge in [-0.25, -0.2) is 0 Å². The summed E-state index contributed by atoms with van der Waals surface area (Å²) in [6.45, 7) is 2.14. The maximum Gasteiger partial charge on any atom is 0.281 e. The van der Waals surface area contributed by atoms with Crippen LogP contribution in [-0.2, 0) is 21.4 Å². The van der Waals surface area contributed by atoms with Crippen LogP contribution in [-0.4, -0.2) is 49.1 Å². The quantitative estimate of drug-likeness (QED) is 0.870. The van der Waals surface area contributed by atoms with Crippen LogP contribution in [0.15, 0.2) is 24.3 Å². The SMILES string of the molecule is O=C(N[C@H]1CCc2ccccc21)C1CCN(S(=O)(=O)N2CCCC2)CC1. The van der Waals surface area contributed by atoms with Gasteiger partial charge in [0.2, 0.25) is 5.91 Å². The fraction of sp³-hybridized carbons (Fsp3) is 0.632. The molecule has 1 aromatic rings. The van der Waals surface area contributed by atoms with E-state index in [1.165, 1.54) is 11.1 Å². The van der Waals surface area contributed by atoms with E-state index in [1.54, 1.807) is 8.61 Å². The van der Waals surface area contributed by atoms with E-state index >= 15 is 0 Å². The van der Waals surface area contributed by atoms with Gasteiger partial charge in [0.25, 0.3) is 10.2 Å². The predicted molar refractivity (Wildman–Crippen MR) is 99.7 cm³/mol. The third-order valence-electron chi connectivity index (χ3n) is 5.99. The summed E-state index contributed by atoms with van der Waals surface area (Å²) in [7, 11) is -3.34. The van der Waals surface area contributed by atoms with Gasteiger partial charge in [-0.05, 0) is 49.7 Å². The number of fused-ring (bicyclic) bond motifs is 1. The van der Waals surface area contributed by atoms with E-state index in [9.17, 15) is 13.2 Å². The Hall–Kier alpha value is -1.44. The monoisotopic (exact) mass is 377 g/mol. The van der Waals surface area contributed by atoms with Gasteiger partial charge in [0.15, 0.2) is 0 Å². The molecule has 3 aliphatic rings. The molecular formula is C19H27N3O3S. The zero-order valence-electron chi connectivity index (χ0n) is 15.1. The molecule has 0 spiro atoms. The molecule has 1 N–H and O–H groups in total. The molecule has 2 saturated heterocycles. The van der Waals surface area contributed by atoms with Crippen LogP contribution < -0.4 is 5.32 Å². The maximum atomic E-state index is 12.7. The number of hydrogen-bond acceptors (Lipinski definition) is 3. The Morgan fingerprint density at radius 3 is 2.35 bits per heavy atom. The van der Waals surface area contributed by atoms with Crippen molar-refractivity contribution in [3.8, 4) is 0 Å². The second kappa shape index (κ2) is 7.29. The topological polar surface area (TPSA) is 69.7 Å². The zero-order valence-corrected chi connectivity index (χ0v) is 15.9. The van der Waals surface area contributed by atoms with Crippen molar-refractivity contribution in [1.82, 2.24) is 13.9 Å². The lowest BCUT2D eigenvalue weighted by Gasteiger charge is -2.33. The van der Waals surface area contributed by atoms with Crippen LogP contribution in [0.5, 0.6) is 0 Å². The Labute approximate surface area is 155 Å². The number of benzene rings is 1. The highest BCUT2D eigenvalue weighted by molar-refractivity contribution is 7.86. The Bertz CT molecular complexity index is 766. The molecule has 2 aliphatic heterocycles. The lowest BCUT2D eigenvalue weighted by atomic mass is 9.96. The van der Waals surface area contributed by atoms with Crippen LogP contribution in [0.1, 0.15) is 49.3 Å². The number of piperidine rings is 1. The van der Waals surface area contributed by atoms with Crippen molar-refractivity contribution in [2.24, 2.45) is 5.92 Å².